The molecule has 124 valence electrons. The van der Waals surface area contributed by atoms with Crippen molar-refractivity contribution in [3.63, 3.8) is 0 Å². The maximum atomic E-state index is 11.9. The van der Waals surface area contributed by atoms with Crippen molar-refractivity contribution in [3.8, 4) is 0 Å². The summed E-state index contributed by atoms with van der Waals surface area (Å²) in [6, 6.07) is 3.75. The van der Waals surface area contributed by atoms with Crippen molar-refractivity contribution >= 4 is 23.3 Å². The van der Waals surface area contributed by atoms with Crippen LogP contribution in [0.5, 0.6) is 0 Å². The number of carbonyl (C=O) groups excluding carboxylic acids is 1. The molecule has 1 fully saturated rings. The van der Waals surface area contributed by atoms with E-state index in [9.17, 15) is 24.8 Å². The standard InChI is InChI=1S/C15H18N2O6/c1-2-23-15(20)10-4-3-7-16(9-10)13-6-5-11(17(21)22)8-12(13)14(18)19/h5-6,8,10H,2-4,7,9H2,1H3,(H,18,19). The molecule has 1 aromatic rings. The Labute approximate surface area is 132 Å². The molecule has 1 atom stereocenters. The first-order valence-electron chi connectivity index (χ1n) is 7.37. The van der Waals surface area contributed by atoms with Gasteiger partial charge in [0, 0.05) is 25.2 Å². The molecular formula is C15H18N2O6. The summed E-state index contributed by atoms with van der Waals surface area (Å²) in [6.07, 6.45) is 1.41. The van der Waals surface area contributed by atoms with Gasteiger partial charge in [0.2, 0.25) is 0 Å². The molecule has 0 spiro atoms. The molecule has 1 saturated heterocycles. The number of carboxylic acid groups (broad SMARTS) is 1. The molecule has 1 aliphatic rings. The van der Waals surface area contributed by atoms with Crippen LogP contribution in [0, 0.1) is 16.0 Å². The molecule has 0 saturated carbocycles. The van der Waals surface area contributed by atoms with Gasteiger partial charge in [-0.1, -0.05) is 0 Å². The number of aromatic carboxylic acids is 1. The number of carboxylic acids is 1. The lowest BCUT2D eigenvalue weighted by atomic mass is 9.97. The van der Waals surface area contributed by atoms with Gasteiger partial charge >= 0.3 is 11.9 Å². The lowest BCUT2D eigenvalue weighted by Gasteiger charge is -2.33. The predicted molar refractivity (Wildman–Crippen MR) is 81.6 cm³/mol. The first kappa shape index (κ1) is 16.7. The largest absolute Gasteiger partial charge is 0.478 e. The fraction of sp³-hybridized carbons (Fsp3) is 0.467. The van der Waals surface area contributed by atoms with Gasteiger partial charge in [0.1, 0.15) is 0 Å². The Morgan fingerprint density at radius 1 is 1.48 bits per heavy atom. The highest BCUT2D eigenvalue weighted by atomic mass is 16.6. The van der Waals surface area contributed by atoms with E-state index in [-0.39, 0.29) is 23.1 Å². The van der Waals surface area contributed by atoms with Crippen LogP contribution in [0.2, 0.25) is 0 Å². The molecule has 2 rings (SSSR count). The van der Waals surface area contributed by atoms with Crippen molar-refractivity contribution in [2.24, 2.45) is 5.92 Å². The number of carbonyl (C=O) groups is 2. The van der Waals surface area contributed by atoms with Crippen molar-refractivity contribution in [1.29, 1.82) is 0 Å². The van der Waals surface area contributed by atoms with Crippen LogP contribution in [0.4, 0.5) is 11.4 Å². The second-order valence-electron chi connectivity index (χ2n) is 5.30. The van der Waals surface area contributed by atoms with E-state index in [0.717, 1.165) is 12.5 Å². The number of piperidine rings is 1. The Bertz CT molecular complexity index is 630. The SMILES string of the molecule is CCOC(=O)C1CCCN(c2ccc([N+](=O)[O-])cc2C(=O)O)C1. The van der Waals surface area contributed by atoms with Crippen LogP contribution in [0.15, 0.2) is 18.2 Å². The van der Waals surface area contributed by atoms with Crippen LogP contribution in [0.3, 0.4) is 0 Å². The summed E-state index contributed by atoms with van der Waals surface area (Å²) in [4.78, 5) is 35.3. The topological polar surface area (TPSA) is 110 Å². The van der Waals surface area contributed by atoms with Crippen LogP contribution in [-0.2, 0) is 9.53 Å². The molecule has 0 amide bonds. The average molecular weight is 322 g/mol. The summed E-state index contributed by atoms with van der Waals surface area (Å²) >= 11 is 0. The van der Waals surface area contributed by atoms with E-state index in [1.807, 2.05) is 0 Å². The highest BCUT2D eigenvalue weighted by Gasteiger charge is 2.29. The summed E-state index contributed by atoms with van der Waals surface area (Å²) in [5.74, 6) is -1.85. The Morgan fingerprint density at radius 2 is 2.22 bits per heavy atom. The first-order valence-corrected chi connectivity index (χ1v) is 7.37. The van der Waals surface area contributed by atoms with Crippen molar-refractivity contribution < 1.29 is 24.4 Å². The van der Waals surface area contributed by atoms with Crippen LogP contribution < -0.4 is 4.90 Å². The van der Waals surface area contributed by atoms with Gasteiger partial charge in [-0.05, 0) is 25.8 Å². The summed E-state index contributed by atoms with van der Waals surface area (Å²) < 4.78 is 5.02. The van der Waals surface area contributed by atoms with Gasteiger partial charge in [0.25, 0.3) is 5.69 Å². The van der Waals surface area contributed by atoms with Gasteiger partial charge in [0.15, 0.2) is 0 Å². The van der Waals surface area contributed by atoms with E-state index in [1.54, 1.807) is 11.8 Å². The number of nitrogens with zero attached hydrogens (tertiary/aromatic N) is 2. The molecule has 0 aliphatic carbocycles. The summed E-state index contributed by atoms with van der Waals surface area (Å²) in [5.41, 5.74) is -0.0223. The number of esters is 1. The van der Waals surface area contributed by atoms with Gasteiger partial charge in [0.05, 0.1) is 28.7 Å². The smallest absolute Gasteiger partial charge is 0.338 e. The third kappa shape index (κ3) is 3.77. The molecule has 0 aromatic heterocycles. The number of benzene rings is 1. The Kier molecular flexibility index (Phi) is 5.15. The number of hydrogen-bond acceptors (Lipinski definition) is 6. The van der Waals surface area contributed by atoms with Gasteiger partial charge in [-0.25, -0.2) is 4.79 Å². The van der Waals surface area contributed by atoms with Gasteiger partial charge in [-0.2, -0.15) is 0 Å². The van der Waals surface area contributed by atoms with Crippen molar-refractivity contribution in [3.05, 3.63) is 33.9 Å². The van der Waals surface area contributed by atoms with Gasteiger partial charge < -0.3 is 14.7 Å². The van der Waals surface area contributed by atoms with Crippen LogP contribution in [0.1, 0.15) is 30.1 Å². The van der Waals surface area contributed by atoms with Gasteiger partial charge in [-0.3, -0.25) is 14.9 Å². The number of ether oxygens (including phenoxy) is 1. The third-order valence-corrected chi connectivity index (χ3v) is 3.80. The molecule has 0 radical (unpaired) electrons. The molecule has 1 heterocycles. The maximum absolute atomic E-state index is 11.9. The minimum Gasteiger partial charge on any atom is -0.478 e. The molecule has 1 aromatic carbocycles. The molecular weight excluding hydrogens is 304 g/mol. The fourth-order valence-corrected chi connectivity index (χ4v) is 2.73. The molecule has 8 nitrogen and oxygen atoms in total. The number of anilines is 1. The Morgan fingerprint density at radius 3 is 2.83 bits per heavy atom. The van der Waals surface area contributed by atoms with Crippen molar-refractivity contribution in [1.82, 2.24) is 0 Å². The maximum Gasteiger partial charge on any atom is 0.338 e. The molecule has 23 heavy (non-hydrogen) atoms. The third-order valence-electron chi connectivity index (χ3n) is 3.80. The lowest BCUT2D eigenvalue weighted by Crippen LogP contribution is -2.40. The molecule has 0 bridgehead atoms. The van der Waals surface area contributed by atoms with Crippen molar-refractivity contribution in [2.75, 3.05) is 24.6 Å². The summed E-state index contributed by atoms with van der Waals surface area (Å²) in [7, 11) is 0. The monoisotopic (exact) mass is 322 g/mol. The number of nitro groups is 1. The zero-order valence-corrected chi connectivity index (χ0v) is 12.7. The fourth-order valence-electron chi connectivity index (χ4n) is 2.73. The average Bonchev–Trinajstić information content (AvgIpc) is 2.54. The Hall–Kier alpha value is -2.64. The molecule has 1 N–H and O–H groups in total. The molecule has 8 heteroatoms. The van der Waals surface area contributed by atoms with E-state index in [2.05, 4.69) is 0 Å². The van der Waals surface area contributed by atoms with Gasteiger partial charge in [-0.15, -0.1) is 0 Å². The molecule has 1 aliphatic heterocycles. The number of non-ortho nitro benzene ring substituents is 1. The minimum absolute atomic E-state index is 0.135. The van der Waals surface area contributed by atoms with E-state index >= 15 is 0 Å². The number of nitro benzene ring substituents is 1. The zero-order valence-electron chi connectivity index (χ0n) is 12.7. The van der Waals surface area contributed by atoms with E-state index in [0.29, 0.717) is 31.8 Å². The molecule has 1 unspecified atom stereocenters. The number of hydrogen-bond donors (Lipinski definition) is 1. The first-order chi connectivity index (χ1) is 10.9. The van der Waals surface area contributed by atoms with Crippen LogP contribution in [-0.4, -0.2) is 41.7 Å². The number of rotatable bonds is 5. The summed E-state index contributed by atoms with van der Waals surface area (Å²) in [6.45, 7) is 2.97. The zero-order chi connectivity index (χ0) is 17.0. The normalized spacial score (nSPS) is 17.6. The van der Waals surface area contributed by atoms with Crippen LogP contribution >= 0.6 is 0 Å². The highest BCUT2D eigenvalue weighted by molar-refractivity contribution is 5.95. The summed E-state index contributed by atoms with van der Waals surface area (Å²) in [5, 5.41) is 20.1. The second kappa shape index (κ2) is 7.08. The van der Waals surface area contributed by atoms with E-state index in [4.69, 9.17) is 4.74 Å². The van der Waals surface area contributed by atoms with E-state index in [1.165, 1.54) is 12.1 Å². The van der Waals surface area contributed by atoms with Crippen molar-refractivity contribution in [2.45, 2.75) is 19.8 Å². The lowest BCUT2D eigenvalue weighted by molar-refractivity contribution is -0.384. The highest BCUT2D eigenvalue weighted by Crippen LogP contribution is 2.29. The quantitative estimate of drug-likeness (QED) is 0.502. The Balaban J connectivity index is 2.28. The van der Waals surface area contributed by atoms with E-state index < -0.39 is 10.9 Å². The predicted octanol–water partition coefficient (Wildman–Crippen LogP) is 2.07. The second-order valence-corrected chi connectivity index (χ2v) is 5.30. The van der Waals surface area contributed by atoms with Crippen LogP contribution in [0.25, 0.3) is 0 Å². The minimum atomic E-state index is -1.23.